The minimum atomic E-state index is -2.38. The van der Waals surface area contributed by atoms with Crippen molar-refractivity contribution in [3.63, 3.8) is 0 Å². The Morgan fingerprint density at radius 3 is 1.92 bits per heavy atom. The van der Waals surface area contributed by atoms with Gasteiger partial charge in [-0.3, -0.25) is 14.8 Å². The lowest BCUT2D eigenvalue weighted by Crippen LogP contribution is -2.43. The van der Waals surface area contributed by atoms with Crippen LogP contribution in [0.15, 0.2) is 0 Å². The zero-order chi connectivity index (χ0) is 20.2. The van der Waals surface area contributed by atoms with Gasteiger partial charge in [0, 0.05) is 0 Å². The first kappa shape index (κ1) is 21.8. The van der Waals surface area contributed by atoms with Crippen molar-refractivity contribution in [2.45, 2.75) is 39.7 Å². The summed E-state index contributed by atoms with van der Waals surface area (Å²) in [7, 11) is 0. The smallest absolute Gasteiger partial charge is 0.316 e. The SMILES string of the molecule is CC[C@@H]([C@@H](CC(C)C)C(=O)Oc1c(F)c(F)c(F)c(F)c1F)N(O)C=O. The molecule has 0 radical (unpaired) electrons. The third kappa shape index (κ3) is 4.48. The number of hydroxylamine groups is 2. The Kier molecular flexibility index (Phi) is 7.49. The molecule has 0 saturated heterocycles. The lowest BCUT2D eigenvalue weighted by atomic mass is 9.89. The molecule has 2 atom stereocenters. The molecule has 26 heavy (non-hydrogen) atoms. The predicted molar refractivity (Wildman–Crippen MR) is 78.6 cm³/mol. The lowest BCUT2D eigenvalue weighted by Gasteiger charge is -2.29. The van der Waals surface area contributed by atoms with E-state index in [0.717, 1.165) is 0 Å². The summed E-state index contributed by atoms with van der Waals surface area (Å²) in [6, 6.07) is -1.11. The van der Waals surface area contributed by atoms with Crippen LogP contribution in [0.5, 0.6) is 5.75 Å². The van der Waals surface area contributed by atoms with Gasteiger partial charge in [0.1, 0.15) is 0 Å². The van der Waals surface area contributed by atoms with Gasteiger partial charge in [0.25, 0.3) is 0 Å². The summed E-state index contributed by atoms with van der Waals surface area (Å²) in [4.78, 5) is 23.1. The second-order valence-corrected chi connectivity index (χ2v) is 6.02. The molecule has 0 aromatic heterocycles. The highest BCUT2D eigenvalue weighted by atomic mass is 19.2. The maximum Gasteiger partial charge on any atom is 0.316 e. The minimum absolute atomic E-state index is 0.0254. The van der Waals surface area contributed by atoms with E-state index in [1.54, 1.807) is 13.8 Å². The monoisotopic (exact) mass is 383 g/mol. The van der Waals surface area contributed by atoms with Gasteiger partial charge in [-0.25, -0.2) is 18.2 Å². The molecule has 1 amide bonds. The number of carbonyl (C=O) groups is 2. The Labute approximate surface area is 146 Å². The van der Waals surface area contributed by atoms with Gasteiger partial charge in [-0.15, -0.1) is 0 Å². The third-order valence-corrected chi connectivity index (χ3v) is 3.73. The average Bonchev–Trinajstić information content (AvgIpc) is 2.60. The van der Waals surface area contributed by atoms with Gasteiger partial charge in [-0.2, -0.15) is 8.78 Å². The molecule has 1 aromatic carbocycles. The summed E-state index contributed by atoms with van der Waals surface area (Å²) in [5.41, 5.74) is 0. The molecule has 5 nitrogen and oxygen atoms in total. The van der Waals surface area contributed by atoms with Crippen molar-refractivity contribution >= 4 is 12.4 Å². The molecule has 1 N–H and O–H groups in total. The molecule has 0 unspecified atom stereocenters. The van der Waals surface area contributed by atoms with E-state index in [4.69, 9.17) is 0 Å². The summed E-state index contributed by atoms with van der Waals surface area (Å²) < 4.78 is 71.3. The Morgan fingerprint density at radius 1 is 1.08 bits per heavy atom. The van der Waals surface area contributed by atoms with Gasteiger partial charge in [-0.05, 0) is 18.8 Å². The van der Waals surface area contributed by atoms with E-state index >= 15 is 0 Å². The van der Waals surface area contributed by atoms with Crippen LogP contribution in [0.3, 0.4) is 0 Å². The van der Waals surface area contributed by atoms with Crippen LogP contribution in [0.4, 0.5) is 22.0 Å². The minimum Gasteiger partial charge on any atom is -0.420 e. The summed E-state index contributed by atoms with van der Waals surface area (Å²) in [5, 5.41) is 9.79. The highest BCUT2D eigenvalue weighted by molar-refractivity contribution is 5.76. The molecule has 1 rings (SSSR count). The van der Waals surface area contributed by atoms with E-state index in [0.29, 0.717) is 0 Å². The molecule has 0 bridgehead atoms. The van der Waals surface area contributed by atoms with Crippen LogP contribution in [-0.4, -0.2) is 28.7 Å². The van der Waals surface area contributed by atoms with Gasteiger partial charge in [0.05, 0.1) is 12.0 Å². The summed E-state index contributed by atoms with van der Waals surface area (Å²) in [5.74, 6) is -16.0. The summed E-state index contributed by atoms with van der Waals surface area (Å²) in [6.45, 7) is 4.90. The van der Waals surface area contributed by atoms with Crippen molar-refractivity contribution in [2.75, 3.05) is 0 Å². The fraction of sp³-hybridized carbons (Fsp3) is 0.500. The Morgan fingerprint density at radius 2 is 1.54 bits per heavy atom. The zero-order valence-corrected chi connectivity index (χ0v) is 14.2. The highest BCUT2D eigenvalue weighted by Crippen LogP contribution is 2.31. The van der Waals surface area contributed by atoms with E-state index in [9.17, 15) is 36.7 Å². The number of esters is 1. The van der Waals surface area contributed by atoms with Crippen LogP contribution in [-0.2, 0) is 9.59 Å². The normalized spacial score (nSPS) is 13.5. The molecule has 0 spiro atoms. The zero-order valence-electron chi connectivity index (χ0n) is 14.2. The second-order valence-electron chi connectivity index (χ2n) is 6.02. The molecule has 0 aliphatic heterocycles. The maximum atomic E-state index is 13.7. The molecule has 1 aromatic rings. The van der Waals surface area contributed by atoms with Crippen molar-refractivity contribution in [3.05, 3.63) is 29.1 Å². The molecule has 0 aliphatic rings. The van der Waals surface area contributed by atoms with Crippen molar-refractivity contribution < 1.29 is 41.5 Å². The topological polar surface area (TPSA) is 66.8 Å². The van der Waals surface area contributed by atoms with E-state index in [2.05, 4.69) is 4.74 Å². The van der Waals surface area contributed by atoms with Crippen LogP contribution < -0.4 is 4.74 Å². The number of carbonyl (C=O) groups excluding carboxylic acids is 2. The number of benzene rings is 1. The molecule has 0 heterocycles. The van der Waals surface area contributed by atoms with Gasteiger partial charge < -0.3 is 4.74 Å². The first-order chi connectivity index (χ1) is 12.1. The summed E-state index contributed by atoms with van der Waals surface area (Å²) >= 11 is 0. The van der Waals surface area contributed by atoms with Crippen molar-refractivity contribution in [3.8, 4) is 5.75 Å². The van der Waals surface area contributed by atoms with Crippen LogP contribution in [0.2, 0.25) is 0 Å². The molecule has 10 heteroatoms. The van der Waals surface area contributed by atoms with Gasteiger partial charge in [0.2, 0.25) is 41.2 Å². The number of rotatable bonds is 8. The van der Waals surface area contributed by atoms with Gasteiger partial charge >= 0.3 is 5.97 Å². The second kappa shape index (κ2) is 8.93. The van der Waals surface area contributed by atoms with Crippen LogP contribution in [0.1, 0.15) is 33.6 Å². The third-order valence-electron chi connectivity index (χ3n) is 3.73. The van der Waals surface area contributed by atoms with Crippen molar-refractivity contribution in [1.82, 2.24) is 5.06 Å². The standard InChI is InChI=1S/C16H18F5NO4/c1-4-9(22(25)6-23)8(5-7(2)3)16(24)26-15-13(20)11(18)10(17)12(19)14(15)21/h6-9,25H,4-5H2,1-3H3/t8-,9+/m1/s1. The number of amides is 1. The van der Waals surface area contributed by atoms with Gasteiger partial charge in [-0.1, -0.05) is 20.8 Å². The van der Waals surface area contributed by atoms with Crippen molar-refractivity contribution in [2.24, 2.45) is 11.8 Å². The van der Waals surface area contributed by atoms with Crippen LogP contribution in [0.25, 0.3) is 0 Å². The first-order valence-electron chi connectivity index (χ1n) is 7.72. The number of ether oxygens (including phenoxy) is 1. The number of hydrogen-bond acceptors (Lipinski definition) is 4. The molecule has 0 saturated carbocycles. The largest absolute Gasteiger partial charge is 0.420 e. The first-order valence-corrected chi connectivity index (χ1v) is 7.72. The Hall–Kier alpha value is -2.23. The highest BCUT2D eigenvalue weighted by Gasteiger charge is 2.36. The molecular weight excluding hydrogens is 365 g/mol. The quantitative estimate of drug-likeness (QED) is 0.109. The summed E-state index contributed by atoms with van der Waals surface area (Å²) in [6.07, 6.45) is 0.129. The van der Waals surface area contributed by atoms with E-state index in [1.807, 2.05) is 0 Å². The molecule has 0 fully saturated rings. The molecule has 146 valence electrons. The van der Waals surface area contributed by atoms with Crippen LogP contribution in [0, 0.1) is 40.9 Å². The van der Waals surface area contributed by atoms with E-state index in [1.165, 1.54) is 6.92 Å². The van der Waals surface area contributed by atoms with Crippen molar-refractivity contribution in [1.29, 1.82) is 0 Å². The fourth-order valence-electron chi connectivity index (χ4n) is 2.50. The lowest BCUT2D eigenvalue weighted by molar-refractivity contribution is -0.172. The predicted octanol–water partition coefficient (Wildman–Crippen LogP) is 3.58. The number of hydrogen-bond donors (Lipinski definition) is 1. The van der Waals surface area contributed by atoms with Gasteiger partial charge in [0.15, 0.2) is 0 Å². The number of halogens is 5. The molecular formula is C16H18F5NO4. The van der Waals surface area contributed by atoms with E-state index in [-0.39, 0.29) is 30.2 Å². The average molecular weight is 383 g/mol. The van der Waals surface area contributed by atoms with Crippen LogP contribution >= 0.6 is 0 Å². The van der Waals surface area contributed by atoms with E-state index < -0.39 is 52.8 Å². The maximum absolute atomic E-state index is 13.7. The Bertz CT molecular complexity index is 654. The molecule has 0 aliphatic carbocycles. The Balaban J connectivity index is 3.28. The number of nitrogens with zero attached hydrogens (tertiary/aromatic N) is 1. The fourth-order valence-corrected chi connectivity index (χ4v) is 2.50.